The Morgan fingerprint density at radius 1 is 1.53 bits per heavy atom. The Morgan fingerprint density at radius 3 is 2.76 bits per heavy atom. The molecule has 0 aromatic heterocycles. The maximum absolute atomic E-state index is 9.27. The maximum atomic E-state index is 9.27. The minimum atomic E-state index is -0.222. The van der Waals surface area contributed by atoms with Gasteiger partial charge in [-0.25, -0.2) is 0 Å². The molecule has 90 valence electrons. The van der Waals surface area contributed by atoms with E-state index in [0.717, 1.165) is 5.56 Å². The number of nitrogens with one attached hydrogen (secondary N) is 1. The van der Waals surface area contributed by atoms with Crippen LogP contribution in [-0.2, 0) is 6.42 Å². The van der Waals surface area contributed by atoms with Crippen LogP contribution in [0.2, 0.25) is 0 Å². The molecule has 0 aliphatic rings. The van der Waals surface area contributed by atoms with Crippen molar-refractivity contribution in [3.8, 4) is 6.19 Å². The van der Waals surface area contributed by atoms with Gasteiger partial charge in [0.25, 0.3) is 0 Å². The molecule has 0 spiro atoms. The summed E-state index contributed by atoms with van der Waals surface area (Å²) in [6, 6.07) is 9.63. The third-order valence-electron chi connectivity index (χ3n) is 2.18. The smallest absolute Gasteiger partial charge is 0.183 e. The third-order valence-corrected chi connectivity index (χ3v) is 2.78. The number of nitriles is 1. The Bertz CT molecular complexity index is 400. The summed E-state index contributed by atoms with van der Waals surface area (Å²) in [4.78, 5) is 4.29. The molecule has 0 fully saturated rings. The van der Waals surface area contributed by atoms with Crippen molar-refractivity contribution in [1.29, 1.82) is 5.26 Å². The number of rotatable bonds is 4. The normalized spacial score (nSPS) is 12.9. The van der Waals surface area contributed by atoms with Gasteiger partial charge < -0.3 is 5.11 Å². The van der Waals surface area contributed by atoms with Crippen molar-refractivity contribution >= 4 is 16.9 Å². The van der Waals surface area contributed by atoms with E-state index >= 15 is 0 Å². The maximum Gasteiger partial charge on any atom is 0.183 e. The number of hydrogen-bond donors (Lipinski definition) is 2. The van der Waals surface area contributed by atoms with Crippen LogP contribution in [0.1, 0.15) is 5.56 Å². The minimum Gasteiger partial charge on any atom is -0.394 e. The Kier molecular flexibility index (Phi) is 6.15. The number of hydrogen-bond acceptors (Lipinski definition) is 4. The minimum absolute atomic E-state index is 0.0357. The molecule has 0 bridgehead atoms. The van der Waals surface area contributed by atoms with Gasteiger partial charge >= 0.3 is 0 Å². The molecule has 1 rings (SSSR count). The van der Waals surface area contributed by atoms with Gasteiger partial charge in [-0.2, -0.15) is 5.26 Å². The van der Waals surface area contributed by atoms with Crippen LogP contribution in [0.15, 0.2) is 35.3 Å². The summed E-state index contributed by atoms with van der Waals surface area (Å²) in [5.41, 5.74) is 1.12. The second-order valence-corrected chi connectivity index (χ2v) is 4.20. The summed E-state index contributed by atoms with van der Waals surface area (Å²) in [6.07, 6.45) is 4.32. The molecule has 0 radical (unpaired) electrons. The first-order valence-corrected chi connectivity index (χ1v) is 6.44. The molecule has 2 N–H and O–H groups in total. The summed E-state index contributed by atoms with van der Waals surface area (Å²) < 4.78 is 0. The number of aliphatic hydroxyl groups is 1. The lowest BCUT2D eigenvalue weighted by molar-refractivity contribution is 0.266. The molecule has 0 amide bonds. The van der Waals surface area contributed by atoms with E-state index in [1.165, 1.54) is 11.8 Å². The van der Waals surface area contributed by atoms with Crippen LogP contribution >= 0.6 is 11.8 Å². The van der Waals surface area contributed by atoms with Crippen LogP contribution in [0.5, 0.6) is 0 Å². The summed E-state index contributed by atoms with van der Waals surface area (Å²) in [5.74, 6) is 0. The highest BCUT2D eigenvalue weighted by atomic mass is 32.2. The first-order chi connectivity index (χ1) is 8.30. The molecule has 1 aromatic carbocycles. The Balaban J connectivity index is 2.69. The molecule has 0 saturated carbocycles. The van der Waals surface area contributed by atoms with E-state index < -0.39 is 0 Å². The lowest BCUT2D eigenvalue weighted by Gasteiger charge is -2.11. The molecule has 0 aliphatic heterocycles. The zero-order valence-corrected chi connectivity index (χ0v) is 10.4. The fourth-order valence-corrected chi connectivity index (χ4v) is 1.79. The van der Waals surface area contributed by atoms with Crippen molar-refractivity contribution in [3.63, 3.8) is 0 Å². The molecule has 4 nitrogen and oxygen atoms in total. The topological polar surface area (TPSA) is 68.4 Å². The number of aliphatic imine (C=N–C) groups is 1. The zero-order chi connectivity index (χ0) is 12.5. The predicted octanol–water partition coefficient (Wildman–Crippen LogP) is 1.38. The molecule has 1 atom stereocenters. The zero-order valence-electron chi connectivity index (χ0n) is 9.63. The Labute approximate surface area is 105 Å². The highest BCUT2D eigenvalue weighted by Crippen LogP contribution is 2.07. The molecule has 5 heteroatoms. The number of benzene rings is 1. The lowest BCUT2D eigenvalue weighted by atomic mass is 10.1. The van der Waals surface area contributed by atoms with E-state index in [1.807, 2.05) is 42.8 Å². The number of thioether (sulfide) groups is 1. The van der Waals surface area contributed by atoms with Gasteiger partial charge in [0.05, 0.1) is 12.6 Å². The average molecular weight is 249 g/mol. The van der Waals surface area contributed by atoms with E-state index in [9.17, 15) is 5.11 Å². The van der Waals surface area contributed by atoms with Crippen molar-refractivity contribution in [1.82, 2.24) is 5.32 Å². The van der Waals surface area contributed by atoms with Crippen molar-refractivity contribution in [2.24, 2.45) is 4.99 Å². The fourth-order valence-electron chi connectivity index (χ4n) is 1.39. The van der Waals surface area contributed by atoms with Gasteiger partial charge in [0.15, 0.2) is 11.4 Å². The van der Waals surface area contributed by atoms with E-state index in [2.05, 4.69) is 10.3 Å². The van der Waals surface area contributed by atoms with Crippen LogP contribution in [0, 0.1) is 11.5 Å². The highest BCUT2D eigenvalue weighted by molar-refractivity contribution is 8.13. The summed E-state index contributed by atoms with van der Waals surface area (Å²) in [5, 5.41) is 20.8. The van der Waals surface area contributed by atoms with Gasteiger partial charge in [0.1, 0.15) is 0 Å². The first kappa shape index (κ1) is 13.6. The Hall–Kier alpha value is -1.51. The molecule has 1 unspecified atom stereocenters. The SMILES string of the molecule is CSC(=NC(CO)Cc1ccccc1)NC#N. The van der Waals surface area contributed by atoms with Crippen LogP contribution in [-0.4, -0.2) is 29.2 Å². The Morgan fingerprint density at radius 2 is 2.24 bits per heavy atom. The largest absolute Gasteiger partial charge is 0.394 e. The van der Waals surface area contributed by atoms with Crippen molar-refractivity contribution in [2.45, 2.75) is 12.5 Å². The van der Waals surface area contributed by atoms with Gasteiger partial charge in [-0.05, 0) is 18.2 Å². The summed E-state index contributed by atoms with van der Waals surface area (Å²) >= 11 is 1.35. The van der Waals surface area contributed by atoms with Crippen molar-refractivity contribution in [2.75, 3.05) is 12.9 Å². The van der Waals surface area contributed by atoms with Crippen LogP contribution in [0.3, 0.4) is 0 Å². The number of aliphatic hydroxyl groups excluding tert-OH is 1. The second kappa shape index (κ2) is 7.71. The molecule has 1 aromatic rings. The average Bonchev–Trinajstić information content (AvgIpc) is 2.38. The van der Waals surface area contributed by atoms with Crippen LogP contribution < -0.4 is 5.32 Å². The van der Waals surface area contributed by atoms with Crippen LogP contribution in [0.25, 0.3) is 0 Å². The second-order valence-electron chi connectivity index (χ2n) is 3.40. The van der Waals surface area contributed by atoms with E-state index in [1.54, 1.807) is 0 Å². The third kappa shape index (κ3) is 4.89. The highest BCUT2D eigenvalue weighted by Gasteiger charge is 2.08. The van der Waals surface area contributed by atoms with E-state index in [0.29, 0.717) is 11.6 Å². The standard InChI is InChI=1S/C12H15N3OS/c1-17-12(14-9-13)15-11(8-16)7-10-5-3-2-4-6-10/h2-6,11,16H,7-8H2,1H3,(H,14,15). The molecular formula is C12H15N3OS. The molecule has 17 heavy (non-hydrogen) atoms. The van der Waals surface area contributed by atoms with Gasteiger partial charge in [0.2, 0.25) is 0 Å². The quantitative estimate of drug-likeness (QED) is 0.366. The molecule has 0 heterocycles. The van der Waals surface area contributed by atoms with E-state index in [4.69, 9.17) is 5.26 Å². The number of nitrogens with zero attached hydrogens (tertiary/aromatic N) is 2. The van der Waals surface area contributed by atoms with Gasteiger partial charge in [-0.1, -0.05) is 42.1 Å². The fraction of sp³-hybridized carbons (Fsp3) is 0.333. The summed E-state index contributed by atoms with van der Waals surface area (Å²) in [6.45, 7) is -0.0357. The first-order valence-electron chi connectivity index (χ1n) is 5.21. The monoisotopic (exact) mass is 249 g/mol. The van der Waals surface area contributed by atoms with Crippen molar-refractivity contribution < 1.29 is 5.11 Å². The predicted molar refractivity (Wildman–Crippen MR) is 70.7 cm³/mol. The number of amidine groups is 1. The van der Waals surface area contributed by atoms with E-state index in [-0.39, 0.29) is 12.6 Å². The van der Waals surface area contributed by atoms with Gasteiger partial charge in [-0.15, -0.1) is 0 Å². The lowest BCUT2D eigenvalue weighted by Crippen LogP contribution is -2.21. The molecule has 0 saturated heterocycles. The van der Waals surface area contributed by atoms with Gasteiger partial charge in [-0.3, -0.25) is 10.3 Å². The van der Waals surface area contributed by atoms with Gasteiger partial charge in [0, 0.05) is 0 Å². The van der Waals surface area contributed by atoms with Crippen molar-refractivity contribution in [3.05, 3.63) is 35.9 Å². The summed E-state index contributed by atoms with van der Waals surface area (Å²) in [7, 11) is 0. The molecule has 0 aliphatic carbocycles. The van der Waals surface area contributed by atoms with Crippen LogP contribution in [0.4, 0.5) is 0 Å². The molecular weight excluding hydrogens is 234 g/mol.